The summed E-state index contributed by atoms with van der Waals surface area (Å²) in [5.41, 5.74) is 0.991. The Balaban J connectivity index is 1.55. The van der Waals surface area contributed by atoms with Crippen LogP contribution in [0.5, 0.6) is 0 Å². The minimum atomic E-state index is 0.664. The smallest absolute Gasteiger partial charge is 0.134 e. The number of thioether (sulfide) groups is 1. The highest BCUT2D eigenvalue weighted by Crippen LogP contribution is 2.27. The van der Waals surface area contributed by atoms with Gasteiger partial charge in [-0.2, -0.15) is 11.8 Å². The minimum Gasteiger partial charge on any atom is -0.460 e. The monoisotopic (exact) mass is 275 g/mol. The van der Waals surface area contributed by atoms with E-state index in [4.69, 9.17) is 4.42 Å². The summed E-state index contributed by atoms with van der Waals surface area (Å²) in [5, 5.41) is 5.72. The zero-order valence-corrected chi connectivity index (χ0v) is 12.2. The van der Waals surface area contributed by atoms with Gasteiger partial charge >= 0.3 is 0 Å². The van der Waals surface area contributed by atoms with Gasteiger partial charge in [-0.05, 0) is 44.1 Å². The van der Waals surface area contributed by atoms with Gasteiger partial charge in [0, 0.05) is 16.7 Å². The maximum Gasteiger partial charge on any atom is 0.134 e. The molecule has 0 radical (unpaired) electrons. The van der Waals surface area contributed by atoms with Crippen LogP contribution in [0.2, 0.25) is 0 Å². The Morgan fingerprint density at radius 1 is 1.21 bits per heavy atom. The van der Waals surface area contributed by atoms with Crippen molar-refractivity contribution in [2.75, 3.05) is 6.26 Å². The number of hydrogen-bond acceptors (Lipinski definition) is 3. The van der Waals surface area contributed by atoms with E-state index in [1.54, 1.807) is 0 Å². The standard InChI is InChI=1S/C16H21NOS/c1-19-15-8-6-13(7-9-15)17-11-14-10-12-4-2-3-5-16(12)18-14/h2-5,10,13,15,17H,6-9,11H2,1H3. The highest BCUT2D eigenvalue weighted by atomic mass is 32.2. The second-order valence-electron chi connectivity index (χ2n) is 5.34. The van der Waals surface area contributed by atoms with Crippen LogP contribution < -0.4 is 5.32 Å². The van der Waals surface area contributed by atoms with Gasteiger partial charge in [0.1, 0.15) is 11.3 Å². The fourth-order valence-electron chi connectivity index (χ4n) is 2.87. The Morgan fingerprint density at radius 3 is 2.74 bits per heavy atom. The number of para-hydroxylation sites is 1. The second-order valence-corrected chi connectivity index (χ2v) is 6.48. The van der Waals surface area contributed by atoms with Gasteiger partial charge in [-0.3, -0.25) is 0 Å². The molecule has 1 aromatic heterocycles. The molecule has 0 atom stereocenters. The zero-order chi connectivity index (χ0) is 13.1. The molecule has 1 fully saturated rings. The van der Waals surface area contributed by atoms with Gasteiger partial charge in [0.25, 0.3) is 0 Å². The molecular weight excluding hydrogens is 254 g/mol. The fraction of sp³-hybridized carbons (Fsp3) is 0.500. The third-order valence-corrected chi connectivity index (χ3v) is 5.19. The van der Waals surface area contributed by atoms with Crippen molar-refractivity contribution in [3.05, 3.63) is 36.1 Å². The number of rotatable bonds is 4. The Hall–Kier alpha value is -0.930. The number of furan rings is 1. The third-order valence-electron chi connectivity index (χ3n) is 4.05. The summed E-state index contributed by atoms with van der Waals surface area (Å²) in [6.45, 7) is 0.850. The van der Waals surface area contributed by atoms with E-state index >= 15 is 0 Å². The van der Waals surface area contributed by atoms with Crippen LogP contribution in [0.25, 0.3) is 11.0 Å². The Kier molecular flexibility index (Phi) is 4.14. The van der Waals surface area contributed by atoms with Crippen molar-refractivity contribution in [3.8, 4) is 0 Å². The van der Waals surface area contributed by atoms with Crippen LogP contribution in [0.4, 0.5) is 0 Å². The van der Waals surface area contributed by atoms with E-state index in [2.05, 4.69) is 29.8 Å². The predicted octanol–water partition coefficient (Wildman–Crippen LogP) is 4.20. The first-order valence-electron chi connectivity index (χ1n) is 7.09. The van der Waals surface area contributed by atoms with Gasteiger partial charge in [-0.1, -0.05) is 18.2 Å². The molecule has 0 unspecified atom stereocenters. The molecule has 1 aliphatic carbocycles. The molecule has 2 nitrogen and oxygen atoms in total. The summed E-state index contributed by atoms with van der Waals surface area (Å²) < 4.78 is 5.83. The lowest BCUT2D eigenvalue weighted by molar-refractivity contribution is 0.365. The topological polar surface area (TPSA) is 25.2 Å². The van der Waals surface area contributed by atoms with Gasteiger partial charge in [-0.25, -0.2) is 0 Å². The maximum atomic E-state index is 5.83. The molecule has 19 heavy (non-hydrogen) atoms. The van der Waals surface area contributed by atoms with Crippen LogP contribution in [0.3, 0.4) is 0 Å². The molecule has 1 aliphatic rings. The van der Waals surface area contributed by atoms with E-state index in [-0.39, 0.29) is 0 Å². The summed E-state index contributed by atoms with van der Waals surface area (Å²) in [5.74, 6) is 1.05. The van der Waals surface area contributed by atoms with Crippen molar-refractivity contribution in [2.45, 2.75) is 43.5 Å². The van der Waals surface area contributed by atoms with Gasteiger partial charge in [0.05, 0.1) is 6.54 Å². The highest BCUT2D eigenvalue weighted by Gasteiger charge is 2.20. The second kappa shape index (κ2) is 6.02. The molecule has 0 saturated heterocycles. The summed E-state index contributed by atoms with van der Waals surface area (Å²) in [4.78, 5) is 0. The van der Waals surface area contributed by atoms with Gasteiger partial charge < -0.3 is 9.73 Å². The molecule has 0 bridgehead atoms. The Bertz CT molecular complexity index is 495. The predicted molar refractivity (Wildman–Crippen MR) is 82.6 cm³/mol. The lowest BCUT2D eigenvalue weighted by Crippen LogP contribution is -2.33. The van der Waals surface area contributed by atoms with Crippen LogP contribution in [0, 0.1) is 0 Å². The van der Waals surface area contributed by atoms with Crippen molar-refractivity contribution in [2.24, 2.45) is 0 Å². The zero-order valence-electron chi connectivity index (χ0n) is 11.4. The SMILES string of the molecule is CSC1CCC(NCc2cc3ccccc3o2)CC1. The van der Waals surface area contributed by atoms with Crippen LogP contribution in [0.1, 0.15) is 31.4 Å². The van der Waals surface area contributed by atoms with Crippen LogP contribution in [0.15, 0.2) is 34.7 Å². The summed E-state index contributed by atoms with van der Waals surface area (Å²) >= 11 is 2.02. The van der Waals surface area contributed by atoms with Crippen LogP contribution >= 0.6 is 11.8 Å². The molecule has 3 rings (SSSR count). The highest BCUT2D eigenvalue weighted by molar-refractivity contribution is 7.99. The first kappa shape index (κ1) is 13.1. The quantitative estimate of drug-likeness (QED) is 0.905. The average molecular weight is 275 g/mol. The van der Waals surface area contributed by atoms with Gasteiger partial charge in [0.2, 0.25) is 0 Å². The van der Waals surface area contributed by atoms with Crippen molar-refractivity contribution in [3.63, 3.8) is 0 Å². The number of benzene rings is 1. The van der Waals surface area contributed by atoms with Crippen molar-refractivity contribution >= 4 is 22.7 Å². The van der Waals surface area contributed by atoms with Crippen molar-refractivity contribution < 1.29 is 4.42 Å². The molecule has 102 valence electrons. The van der Waals surface area contributed by atoms with E-state index < -0.39 is 0 Å². The fourth-order valence-corrected chi connectivity index (χ4v) is 3.62. The van der Waals surface area contributed by atoms with Crippen LogP contribution in [-0.2, 0) is 6.54 Å². The average Bonchev–Trinajstić information content (AvgIpc) is 2.88. The minimum absolute atomic E-state index is 0.664. The number of fused-ring (bicyclic) bond motifs is 1. The first-order valence-corrected chi connectivity index (χ1v) is 8.37. The third kappa shape index (κ3) is 3.15. The summed E-state index contributed by atoms with van der Waals surface area (Å²) in [6.07, 6.45) is 7.52. The molecule has 3 heteroatoms. The van der Waals surface area contributed by atoms with Gasteiger partial charge in [0.15, 0.2) is 0 Å². The molecule has 0 amide bonds. The van der Waals surface area contributed by atoms with E-state index in [0.717, 1.165) is 23.1 Å². The van der Waals surface area contributed by atoms with Crippen molar-refractivity contribution in [1.29, 1.82) is 0 Å². The molecule has 0 spiro atoms. The van der Waals surface area contributed by atoms with E-state index in [1.807, 2.05) is 23.9 Å². The van der Waals surface area contributed by atoms with Crippen molar-refractivity contribution in [1.82, 2.24) is 5.32 Å². The molecule has 1 aromatic carbocycles. The first-order chi connectivity index (χ1) is 9.35. The maximum absolute atomic E-state index is 5.83. The molecule has 1 saturated carbocycles. The lowest BCUT2D eigenvalue weighted by atomic mass is 9.95. The largest absolute Gasteiger partial charge is 0.460 e. The summed E-state index contributed by atoms with van der Waals surface area (Å²) in [6, 6.07) is 11.0. The molecule has 1 N–H and O–H groups in total. The Morgan fingerprint density at radius 2 is 2.00 bits per heavy atom. The molecular formula is C16H21NOS. The van der Waals surface area contributed by atoms with E-state index in [1.165, 1.54) is 31.1 Å². The molecule has 0 aliphatic heterocycles. The molecule has 2 aromatic rings. The molecule has 1 heterocycles. The number of nitrogens with one attached hydrogen (secondary N) is 1. The number of hydrogen-bond donors (Lipinski definition) is 1. The van der Waals surface area contributed by atoms with Crippen LogP contribution in [-0.4, -0.2) is 17.5 Å². The van der Waals surface area contributed by atoms with E-state index in [0.29, 0.717) is 6.04 Å². The van der Waals surface area contributed by atoms with E-state index in [9.17, 15) is 0 Å². The summed E-state index contributed by atoms with van der Waals surface area (Å²) in [7, 11) is 0. The normalized spacial score (nSPS) is 23.8. The van der Waals surface area contributed by atoms with Gasteiger partial charge in [-0.15, -0.1) is 0 Å². The Labute approximate surface area is 118 Å². The lowest BCUT2D eigenvalue weighted by Gasteiger charge is -2.27.